The number of benzene rings is 1. The van der Waals surface area contributed by atoms with Crippen molar-refractivity contribution in [2.45, 2.75) is 33.2 Å². The molecule has 18 heavy (non-hydrogen) atoms. The van der Waals surface area contributed by atoms with Crippen LogP contribution in [0.2, 0.25) is 0 Å². The fraction of sp³-hybridized carbons (Fsp3) is 0.462. The Bertz CT molecular complexity index is 447. The molecule has 0 spiro atoms. The minimum atomic E-state index is -1.20. The second-order valence-electron chi connectivity index (χ2n) is 4.45. The van der Waals surface area contributed by atoms with E-state index in [-0.39, 0.29) is 17.3 Å². The normalized spacial score (nSPS) is 10.7. The van der Waals surface area contributed by atoms with Crippen LogP contribution in [-0.2, 0) is 0 Å². The molecule has 4 nitrogen and oxygen atoms in total. The van der Waals surface area contributed by atoms with Crippen LogP contribution in [0.1, 0.15) is 37.6 Å². The van der Waals surface area contributed by atoms with E-state index in [9.17, 15) is 14.3 Å². The van der Waals surface area contributed by atoms with Crippen LogP contribution in [0, 0.1) is 5.82 Å². The summed E-state index contributed by atoms with van der Waals surface area (Å²) in [6, 6.07) is 2.81. The highest BCUT2D eigenvalue weighted by Crippen LogP contribution is 2.29. The van der Waals surface area contributed by atoms with Crippen LogP contribution in [0.3, 0.4) is 0 Å². The van der Waals surface area contributed by atoms with Crippen LogP contribution in [-0.4, -0.2) is 23.7 Å². The van der Waals surface area contributed by atoms with Gasteiger partial charge >= 0.3 is 5.97 Å². The number of nitrogens with two attached hydrogens (primary N) is 1. The molecule has 0 radical (unpaired) electrons. The summed E-state index contributed by atoms with van der Waals surface area (Å²) in [5, 5.41) is 9.20. The van der Waals surface area contributed by atoms with E-state index in [0.717, 1.165) is 6.42 Å². The van der Waals surface area contributed by atoms with Gasteiger partial charge in [0.05, 0.1) is 11.4 Å². The van der Waals surface area contributed by atoms with Crippen molar-refractivity contribution in [2.24, 2.45) is 0 Å². The lowest BCUT2D eigenvalue weighted by molar-refractivity contribution is 0.0698. The summed E-state index contributed by atoms with van der Waals surface area (Å²) in [4.78, 5) is 13.2. The lowest BCUT2D eigenvalue weighted by Gasteiger charge is -2.30. The predicted molar refractivity (Wildman–Crippen MR) is 70.5 cm³/mol. The van der Waals surface area contributed by atoms with Crippen molar-refractivity contribution in [1.82, 2.24) is 0 Å². The van der Waals surface area contributed by atoms with E-state index in [1.54, 1.807) is 0 Å². The number of aromatic carboxylic acids is 1. The number of hydrogen-bond donors (Lipinski definition) is 2. The SMILES string of the molecule is CCCN(c1ccc(F)c(N)c1C(=O)O)C(C)C. The zero-order chi connectivity index (χ0) is 13.9. The third kappa shape index (κ3) is 2.72. The van der Waals surface area contributed by atoms with Crippen molar-refractivity contribution in [1.29, 1.82) is 0 Å². The summed E-state index contributed by atoms with van der Waals surface area (Å²) in [6.07, 6.45) is 0.870. The van der Waals surface area contributed by atoms with Crippen molar-refractivity contribution in [3.63, 3.8) is 0 Å². The smallest absolute Gasteiger partial charge is 0.340 e. The maximum absolute atomic E-state index is 13.4. The molecule has 0 unspecified atom stereocenters. The Labute approximate surface area is 106 Å². The molecule has 0 aliphatic rings. The van der Waals surface area contributed by atoms with E-state index in [0.29, 0.717) is 12.2 Å². The van der Waals surface area contributed by atoms with Crippen LogP contribution < -0.4 is 10.6 Å². The van der Waals surface area contributed by atoms with Crippen LogP contribution in [0.5, 0.6) is 0 Å². The number of carboxylic acid groups (broad SMARTS) is 1. The summed E-state index contributed by atoms with van der Waals surface area (Å²) in [5.74, 6) is -1.90. The van der Waals surface area contributed by atoms with Gasteiger partial charge in [-0.2, -0.15) is 0 Å². The summed E-state index contributed by atoms with van der Waals surface area (Å²) >= 11 is 0. The van der Waals surface area contributed by atoms with Crippen LogP contribution >= 0.6 is 0 Å². The molecular formula is C13H19FN2O2. The Morgan fingerprint density at radius 1 is 1.50 bits per heavy atom. The van der Waals surface area contributed by atoms with Gasteiger partial charge in [-0.1, -0.05) is 6.92 Å². The van der Waals surface area contributed by atoms with Gasteiger partial charge in [0.25, 0.3) is 0 Å². The molecule has 0 aliphatic heterocycles. The molecule has 0 saturated heterocycles. The Kier molecular flexibility index (Phi) is 4.53. The van der Waals surface area contributed by atoms with E-state index in [1.807, 2.05) is 25.7 Å². The number of carbonyl (C=O) groups is 1. The van der Waals surface area contributed by atoms with Gasteiger partial charge in [0, 0.05) is 12.6 Å². The second-order valence-corrected chi connectivity index (χ2v) is 4.45. The molecule has 0 heterocycles. The van der Waals surface area contributed by atoms with Gasteiger partial charge in [-0.3, -0.25) is 0 Å². The number of halogens is 1. The predicted octanol–water partition coefficient (Wildman–Crippen LogP) is 2.73. The molecule has 0 aromatic heterocycles. The maximum Gasteiger partial charge on any atom is 0.340 e. The quantitative estimate of drug-likeness (QED) is 0.793. The minimum absolute atomic E-state index is 0.118. The van der Waals surface area contributed by atoms with E-state index >= 15 is 0 Å². The topological polar surface area (TPSA) is 66.6 Å². The fourth-order valence-electron chi connectivity index (χ4n) is 1.94. The van der Waals surface area contributed by atoms with Crippen LogP contribution in [0.25, 0.3) is 0 Å². The minimum Gasteiger partial charge on any atom is -0.478 e. The lowest BCUT2D eigenvalue weighted by atomic mass is 10.1. The average molecular weight is 254 g/mol. The summed E-state index contributed by atoms with van der Waals surface area (Å²) < 4.78 is 13.4. The van der Waals surface area contributed by atoms with Crippen molar-refractivity contribution >= 4 is 17.3 Å². The monoisotopic (exact) mass is 254 g/mol. The zero-order valence-corrected chi connectivity index (χ0v) is 10.9. The van der Waals surface area contributed by atoms with E-state index < -0.39 is 11.8 Å². The number of nitrogens with zero attached hydrogens (tertiary/aromatic N) is 1. The lowest BCUT2D eigenvalue weighted by Crippen LogP contribution is -2.33. The van der Waals surface area contributed by atoms with Crippen LogP contribution in [0.15, 0.2) is 12.1 Å². The molecule has 0 amide bonds. The molecule has 0 bridgehead atoms. The standard InChI is InChI=1S/C13H19FN2O2/c1-4-7-16(8(2)3)10-6-5-9(14)12(15)11(10)13(17)18/h5-6,8H,4,7,15H2,1-3H3,(H,17,18). The molecule has 0 aliphatic carbocycles. The van der Waals surface area contributed by atoms with E-state index in [2.05, 4.69) is 0 Å². The molecule has 0 fully saturated rings. The summed E-state index contributed by atoms with van der Waals surface area (Å²) in [5.41, 5.74) is 5.55. The molecule has 0 atom stereocenters. The summed E-state index contributed by atoms with van der Waals surface area (Å²) in [7, 11) is 0. The van der Waals surface area contributed by atoms with Gasteiger partial charge in [-0.05, 0) is 32.4 Å². The van der Waals surface area contributed by atoms with Gasteiger partial charge in [0.2, 0.25) is 0 Å². The molecule has 1 aromatic carbocycles. The highest BCUT2D eigenvalue weighted by atomic mass is 19.1. The third-order valence-corrected chi connectivity index (χ3v) is 2.78. The highest BCUT2D eigenvalue weighted by Gasteiger charge is 2.22. The first-order valence-corrected chi connectivity index (χ1v) is 5.98. The van der Waals surface area contributed by atoms with Gasteiger partial charge in [0.1, 0.15) is 11.4 Å². The van der Waals surface area contributed by atoms with Crippen molar-refractivity contribution in [3.05, 3.63) is 23.5 Å². The molecule has 100 valence electrons. The van der Waals surface area contributed by atoms with Crippen LogP contribution in [0.4, 0.5) is 15.8 Å². The first kappa shape index (κ1) is 14.3. The Morgan fingerprint density at radius 2 is 2.11 bits per heavy atom. The van der Waals surface area contributed by atoms with Crippen molar-refractivity contribution in [2.75, 3.05) is 17.2 Å². The molecule has 1 aromatic rings. The fourth-order valence-corrected chi connectivity index (χ4v) is 1.94. The number of carboxylic acids is 1. The van der Waals surface area contributed by atoms with Gasteiger partial charge < -0.3 is 15.7 Å². The number of hydrogen-bond acceptors (Lipinski definition) is 3. The molecule has 0 saturated carbocycles. The zero-order valence-electron chi connectivity index (χ0n) is 10.9. The molecule has 1 rings (SSSR count). The number of rotatable bonds is 5. The first-order valence-electron chi connectivity index (χ1n) is 5.98. The average Bonchev–Trinajstić information content (AvgIpc) is 2.28. The Morgan fingerprint density at radius 3 is 2.56 bits per heavy atom. The van der Waals surface area contributed by atoms with E-state index in [1.165, 1.54) is 12.1 Å². The molecular weight excluding hydrogens is 235 g/mol. The molecule has 3 N–H and O–H groups in total. The number of anilines is 2. The van der Waals surface area contributed by atoms with Gasteiger partial charge in [0.15, 0.2) is 0 Å². The van der Waals surface area contributed by atoms with Crippen molar-refractivity contribution in [3.8, 4) is 0 Å². The van der Waals surface area contributed by atoms with E-state index in [4.69, 9.17) is 5.73 Å². The maximum atomic E-state index is 13.4. The van der Waals surface area contributed by atoms with Gasteiger partial charge in [-0.15, -0.1) is 0 Å². The summed E-state index contributed by atoms with van der Waals surface area (Å²) in [6.45, 7) is 6.62. The Balaban J connectivity index is 3.38. The number of nitrogen functional groups attached to an aromatic ring is 1. The first-order chi connectivity index (χ1) is 8.40. The Hall–Kier alpha value is -1.78. The van der Waals surface area contributed by atoms with Gasteiger partial charge in [-0.25, -0.2) is 9.18 Å². The third-order valence-electron chi connectivity index (χ3n) is 2.78. The highest BCUT2D eigenvalue weighted by molar-refractivity contribution is 6.00. The largest absolute Gasteiger partial charge is 0.478 e. The molecule has 5 heteroatoms. The second kappa shape index (κ2) is 5.71. The van der Waals surface area contributed by atoms with Crippen molar-refractivity contribution < 1.29 is 14.3 Å².